The van der Waals surface area contributed by atoms with Crippen LogP contribution in [0.25, 0.3) is 11.6 Å². The molecule has 1 aromatic carbocycles. The van der Waals surface area contributed by atoms with E-state index in [0.29, 0.717) is 25.2 Å². The lowest BCUT2D eigenvalue weighted by Gasteiger charge is -2.45. The fourth-order valence-corrected chi connectivity index (χ4v) is 4.17. The molecular weight excluding hydrogens is 436 g/mol. The number of carbonyl (C=O) groups excluding carboxylic acids is 1. The van der Waals surface area contributed by atoms with Crippen LogP contribution in [-0.2, 0) is 11.2 Å². The molecule has 0 unspecified atom stereocenters. The van der Waals surface area contributed by atoms with Crippen molar-refractivity contribution in [3.8, 4) is 11.6 Å². The Morgan fingerprint density at radius 3 is 2.79 bits per heavy atom. The molecule has 0 saturated carbocycles. The molecule has 34 heavy (non-hydrogen) atoms. The topological polar surface area (TPSA) is 119 Å². The molecule has 1 saturated heterocycles. The number of hydrogen-bond donors (Lipinski definition) is 2. The van der Waals surface area contributed by atoms with Gasteiger partial charge in [-0.25, -0.2) is 4.79 Å². The van der Waals surface area contributed by atoms with Gasteiger partial charge in [-0.3, -0.25) is 4.90 Å². The number of nitrogens with zero attached hydrogens (tertiary/aromatic N) is 4. The third kappa shape index (κ3) is 5.22. The maximum Gasteiger partial charge on any atom is 0.410 e. The Labute approximate surface area is 199 Å². The van der Waals surface area contributed by atoms with E-state index in [1.807, 2.05) is 45.6 Å². The van der Waals surface area contributed by atoms with E-state index in [1.165, 1.54) is 6.26 Å². The van der Waals surface area contributed by atoms with Crippen LogP contribution in [0.4, 0.5) is 16.5 Å². The molecule has 2 N–H and O–H groups in total. The van der Waals surface area contributed by atoms with Gasteiger partial charge in [0.15, 0.2) is 5.69 Å². The van der Waals surface area contributed by atoms with E-state index in [-0.39, 0.29) is 18.0 Å². The number of amides is 1. The average molecular weight is 469 g/mol. The van der Waals surface area contributed by atoms with Crippen molar-refractivity contribution in [1.82, 2.24) is 25.6 Å². The molecule has 182 valence electrons. The van der Waals surface area contributed by atoms with Crippen molar-refractivity contribution in [1.29, 1.82) is 0 Å². The molecule has 3 heterocycles. The van der Waals surface area contributed by atoms with Gasteiger partial charge in [0.25, 0.3) is 5.89 Å². The second kappa shape index (κ2) is 9.09. The number of anilines is 2. The van der Waals surface area contributed by atoms with E-state index in [4.69, 9.17) is 13.7 Å². The summed E-state index contributed by atoms with van der Waals surface area (Å²) < 4.78 is 16.2. The molecule has 0 radical (unpaired) electrons. The Hall–Kier alpha value is -3.40. The monoisotopic (exact) mass is 468 g/mol. The summed E-state index contributed by atoms with van der Waals surface area (Å²) in [6.07, 6.45) is 1.83. The Bertz CT molecular complexity index is 1150. The van der Waals surface area contributed by atoms with Crippen molar-refractivity contribution in [2.24, 2.45) is 0 Å². The van der Waals surface area contributed by atoms with Gasteiger partial charge in [0, 0.05) is 31.4 Å². The SMILES string of the molecule is Cc1cc(C[C@@]2(C)CNCCN2C(=O)OC(C)(C)C)c(C)c(Nc2nnc(-c3ccon3)o2)c1. The van der Waals surface area contributed by atoms with Crippen molar-refractivity contribution in [2.45, 2.75) is 59.1 Å². The second-order valence-electron chi connectivity index (χ2n) is 10.0. The summed E-state index contributed by atoms with van der Waals surface area (Å²) in [5.74, 6) is 0.274. The molecule has 10 heteroatoms. The number of piperazine rings is 1. The highest BCUT2D eigenvalue weighted by Gasteiger charge is 2.40. The van der Waals surface area contributed by atoms with E-state index < -0.39 is 11.1 Å². The van der Waals surface area contributed by atoms with Crippen LogP contribution in [0.5, 0.6) is 0 Å². The molecular formula is C24H32N6O4. The fourth-order valence-electron chi connectivity index (χ4n) is 4.17. The summed E-state index contributed by atoms with van der Waals surface area (Å²) in [5.41, 5.74) is 3.59. The second-order valence-corrected chi connectivity index (χ2v) is 10.0. The third-order valence-corrected chi connectivity index (χ3v) is 5.84. The first-order valence-corrected chi connectivity index (χ1v) is 11.4. The molecule has 0 spiro atoms. The molecule has 1 atom stereocenters. The molecule has 0 bridgehead atoms. The van der Waals surface area contributed by atoms with Gasteiger partial charge in [-0.1, -0.05) is 16.3 Å². The zero-order valence-corrected chi connectivity index (χ0v) is 20.6. The van der Waals surface area contributed by atoms with E-state index in [2.05, 4.69) is 39.0 Å². The number of hydrogen-bond acceptors (Lipinski definition) is 9. The van der Waals surface area contributed by atoms with Crippen LogP contribution < -0.4 is 10.6 Å². The zero-order chi connectivity index (χ0) is 24.5. The Kier molecular flexibility index (Phi) is 6.35. The highest BCUT2D eigenvalue weighted by Crippen LogP contribution is 2.31. The van der Waals surface area contributed by atoms with Crippen molar-refractivity contribution < 1.29 is 18.5 Å². The minimum absolute atomic E-state index is 0.263. The van der Waals surface area contributed by atoms with Crippen LogP contribution in [-0.4, -0.2) is 57.1 Å². The molecule has 3 aromatic rings. The number of rotatable bonds is 5. The van der Waals surface area contributed by atoms with E-state index >= 15 is 0 Å². The van der Waals surface area contributed by atoms with Gasteiger partial charge in [0.2, 0.25) is 0 Å². The molecule has 1 amide bonds. The minimum Gasteiger partial charge on any atom is -0.444 e. The smallest absolute Gasteiger partial charge is 0.410 e. The minimum atomic E-state index is -0.548. The maximum atomic E-state index is 13.0. The standard InChI is InChI=1S/C24H32N6O4/c1-15-11-17(13-24(6)14-25-8-9-30(24)22(31)34-23(3,4)5)16(2)19(12-15)26-21-28-27-20(33-21)18-7-10-32-29-18/h7,10-12,25H,8-9,13-14H2,1-6H3,(H,26,28)/t24-/m0/s1. The van der Waals surface area contributed by atoms with E-state index in [9.17, 15) is 4.79 Å². The van der Waals surface area contributed by atoms with E-state index in [1.54, 1.807) is 6.07 Å². The molecule has 2 aromatic heterocycles. The van der Waals surface area contributed by atoms with Crippen LogP contribution in [0, 0.1) is 13.8 Å². The number of carbonyl (C=O) groups is 1. The van der Waals surface area contributed by atoms with Gasteiger partial charge in [-0.15, -0.1) is 5.10 Å². The van der Waals surface area contributed by atoms with Crippen LogP contribution in [0.15, 0.2) is 33.4 Å². The van der Waals surface area contributed by atoms with Gasteiger partial charge >= 0.3 is 12.1 Å². The first-order chi connectivity index (χ1) is 16.0. The largest absolute Gasteiger partial charge is 0.444 e. The lowest BCUT2D eigenvalue weighted by Crippen LogP contribution is -2.63. The van der Waals surface area contributed by atoms with Gasteiger partial charge in [-0.2, -0.15) is 0 Å². The quantitative estimate of drug-likeness (QED) is 0.567. The Morgan fingerprint density at radius 1 is 1.29 bits per heavy atom. The van der Waals surface area contributed by atoms with Gasteiger partial charge in [0.05, 0.1) is 5.54 Å². The fraction of sp³-hybridized carbons (Fsp3) is 0.500. The Morgan fingerprint density at radius 2 is 2.09 bits per heavy atom. The van der Waals surface area contributed by atoms with Crippen molar-refractivity contribution in [3.63, 3.8) is 0 Å². The van der Waals surface area contributed by atoms with Crippen LogP contribution in [0.1, 0.15) is 44.4 Å². The first kappa shape index (κ1) is 23.7. The predicted molar refractivity (Wildman–Crippen MR) is 127 cm³/mol. The lowest BCUT2D eigenvalue weighted by molar-refractivity contribution is -0.00681. The van der Waals surface area contributed by atoms with Crippen LogP contribution in [0.3, 0.4) is 0 Å². The van der Waals surface area contributed by atoms with E-state index in [0.717, 1.165) is 28.9 Å². The van der Waals surface area contributed by atoms with Gasteiger partial charge < -0.3 is 24.3 Å². The van der Waals surface area contributed by atoms with Crippen molar-refractivity contribution in [3.05, 3.63) is 41.2 Å². The predicted octanol–water partition coefficient (Wildman–Crippen LogP) is 4.23. The average Bonchev–Trinajstić information content (AvgIpc) is 3.42. The van der Waals surface area contributed by atoms with Crippen LogP contribution >= 0.6 is 0 Å². The summed E-state index contributed by atoms with van der Waals surface area (Å²) in [5, 5.41) is 18.6. The zero-order valence-electron chi connectivity index (χ0n) is 20.6. The normalized spacial score (nSPS) is 18.7. The molecule has 1 fully saturated rings. The summed E-state index contributed by atoms with van der Waals surface area (Å²) >= 11 is 0. The number of aryl methyl sites for hydroxylation is 1. The molecule has 1 aliphatic rings. The summed E-state index contributed by atoms with van der Waals surface area (Å²) in [6, 6.07) is 6.11. The number of benzene rings is 1. The molecule has 1 aliphatic heterocycles. The third-order valence-electron chi connectivity index (χ3n) is 5.84. The maximum absolute atomic E-state index is 13.0. The summed E-state index contributed by atoms with van der Waals surface area (Å²) in [4.78, 5) is 14.9. The number of aromatic nitrogens is 3. The summed E-state index contributed by atoms with van der Waals surface area (Å²) in [6.45, 7) is 13.8. The number of nitrogens with one attached hydrogen (secondary N) is 2. The van der Waals surface area contributed by atoms with Crippen LogP contribution in [0.2, 0.25) is 0 Å². The molecule has 10 nitrogen and oxygen atoms in total. The van der Waals surface area contributed by atoms with Gasteiger partial charge in [0.1, 0.15) is 11.9 Å². The number of ether oxygens (including phenoxy) is 1. The van der Waals surface area contributed by atoms with Crippen molar-refractivity contribution >= 4 is 17.8 Å². The molecule has 4 rings (SSSR count). The van der Waals surface area contributed by atoms with Gasteiger partial charge in [-0.05, 0) is 70.7 Å². The lowest BCUT2D eigenvalue weighted by atomic mass is 9.86. The Balaban J connectivity index is 1.58. The first-order valence-electron chi connectivity index (χ1n) is 11.4. The highest BCUT2D eigenvalue weighted by atomic mass is 16.6. The van der Waals surface area contributed by atoms with Crippen molar-refractivity contribution in [2.75, 3.05) is 25.0 Å². The highest BCUT2D eigenvalue weighted by molar-refractivity contribution is 5.70. The summed E-state index contributed by atoms with van der Waals surface area (Å²) in [7, 11) is 0. The molecule has 0 aliphatic carbocycles.